The van der Waals surface area contributed by atoms with Gasteiger partial charge in [0.05, 0.1) is 16.1 Å². The van der Waals surface area contributed by atoms with Gasteiger partial charge in [0.1, 0.15) is 0 Å². The third-order valence-corrected chi connectivity index (χ3v) is 6.48. The number of rotatable bonds is 5. The number of nitrogens with one attached hydrogen (secondary N) is 1. The standard InChI is InChI=1S/C21H27N5OS/c1-4-5-18(27)22-16-10-12-25(13-11-16)21-23-20-19(28-21)15(3)24-26(20)17-8-6-14(2)7-9-17/h6-9,16H,4-5,10-13H2,1-3H3,(H,22,27). The van der Waals surface area contributed by atoms with Gasteiger partial charge in [-0.2, -0.15) is 10.1 Å². The zero-order valence-corrected chi connectivity index (χ0v) is 17.6. The lowest BCUT2D eigenvalue weighted by Crippen LogP contribution is -2.44. The van der Waals surface area contributed by atoms with E-state index in [-0.39, 0.29) is 11.9 Å². The number of hydrogen-bond acceptors (Lipinski definition) is 5. The first-order valence-corrected chi connectivity index (χ1v) is 10.8. The van der Waals surface area contributed by atoms with Crippen molar-refractivity contribution in [2.24, 2.45) is 0 Å². The van der Waals surface area contributed by atoms with Crippen LogP contribution in [0.3, 0.4) is 0 Å². The molecule has 0 atom stereocenters. The molecule has 1 aliphatic heterocycles. The maximum absolute atomic E-state index is 11.8. The highest BCUT2D eigenvalue weighted by Gasteiger charge is 2.24. The summed E-state index contributed by atoms with van der Waals surface area (Å²) in [6, 6.07) is 8.66. The Labute approximate surface area is 169 Å². The van der Waals surface area contributed by atoms with Crippen LogP contribution >= 0.6 is 11.3 Å². The summed E-state index contributed by atoms with van der Waals surface area (Å²) in [6.45, 7) is 8.01. The summed E-state index contributed by atoms with van der Waals surface area (Å²) in [6.07, 6.45) is 3.45. The minimum absolute atomic E-state index is 0.176. The lowest BCUT2D eigenvalue weighted by molar-refractivity contribution is -0.121. The molecule has 2 aromatic heterocycles. The average molecular weight is 398 g/mol. The molecule has 1 aliphatic rings. The first-order valence-electron chi connectivity index (χ1n) is 10.0. The van der Waals surface area contributed by atoms with Crippen LogP contribution in [-0.2, 0) is 4.79 Å². The van der Waals surface area contributed by atoms with E-state index in [0.717, 1.165) is 59.2 Å². The fourth-order valence-corrected chi connectivity index (χ4v) is 4.70. The van der Waals surface area contributed by atoms with Gasteiger partial charge in [0, 0.05) is 25.6 Å². The Kier molecular flexibility index (Phi) is 5.35. The number of fused-ring (bicyclic) bond motifs is 1. The van der Waals surface area contributed by atoms with E-state index in [1.54, 1.807) is 11.3 Å². The molecule has 1 amide bonds. The Bertz CT molecular complexity index is 967. The van der Waals surface area contributed by atoms with E-state index in [1.165, 1.54) is 5.56 Å². The molecule has 3 heterocycles. The second-order valence-corrected chi connectivity index (χ2v) is 8.54. The topological polar surface area (TPSA) is 63.1 Å². The van der Waals surface area contributed by atoms with Crippen LogP contribution in [0.2, 0.25) is 0 Å². The van der Waals surface area contributed by atoms with Crippen molar-refractivity contribution in [3.8, 4) is 5.69 Å². The summed E-state index contributed by atoms with van der Waals surface area (Å²) in [5, 5.41) is 8.91. The molecule has 1 saturated heterocycles. The first-order chi connectivity index (χ1) is 13.5. The molecule has 0 unspecified atom stereocenters. The highest BCUT2D eigenvalue weighted by molar-refractivity contribution is 7.22. The molecule has 4 rings (SSSR count). The Morgan fingerprint density at radius 2 is 1.93 bits per heavy atom. The molecular formula is C21H27N5OS. The van der Waals surface area contributed by atoms with Crippen molar-refractivity contribution in [1.82, 2.24) is 20.1 Å². The van der Waals surface area contributed by atoms with Gasteiger partial charge in [-0.1, -0.05) is 36.0 Å². The van der Waals surface area contributed by atoms with Crippen molar-refractivity contribution in [1.29, 1.82) is 0 Å². The summed E-state index contributed by atoms with van der Waals surface area (Å²) in [7, 11) is 0. The molecule has 1 fully saturated rings. The third kappa shape index (κ3) is 3.76. The molecular weight excluding hydrogens is 370 g/mol. The Morgan fingerprint density at radius 1 is 1.21 bits per heavy atom. The molecule has 0 saturated carbocycles. The molecule has 1 N–H and O–H groups in total. The fourth-order valence-electron chi connectivity index (χ4n) is 3.67. The lowest BCUT2D eigenvalue weighted by atomic mass is 10.1. The van der Waals surface area contributed by atoms with Crippen LogP contribution in [0.25, 0.3) is 16.0 Å². The van der Waals surface area contributed by atoms with Crippen LogP contribution in [0.4, 0.5) is 5.13 Å². The van der Waals surface area contributed by atoms with Gasteiger partial charge in [0.25, 0.3) is 0 Å². The van der Waals surface area contributed by atoms with E-state index >= 15 is 0 Å². The number of thiazole rings is 1. The third-order valence-electron chi connectivity index (χ3n) is 5.26. The van der Waals surface area contributed by atoms with Gasteiger partial charge in [0.2, 0.25) is 5.91 Å². The molecule has 7 heteroatoms. The predicted octanol–water partition coefficient (Wildman–Crippen LogP) is 3.98. The number of carbonyl (C=O) groups excluding carboxylic acids is 1. The van der Waals surface area contributed by atoms with Crippen LogP contribution in [0.5, 0.6) is 0 Å². The van der Waals surface area contributed by atoms with Gasteiger partial charge in [0.15, 0.2) is 10.8 Å². The minimum atomic E-state index is 0.176. The molecule has 3 aromatic rings. The molecule has 6 nitrogen and oxygen atoms in total. The van der Waals surface area contributed by atoms with Crippen molar-refractivity contribution in [2.45, 2.75) is 52.5 Å². The summed E-state index contributed by atoms with van der Waals surface area (Å²) < 4.78 is 3.09. The van der Waals surface area contributed by atoms with E-state index in [1.807, 2.05) is 18.5 Å². The number of anilines is 1. The number of nitrogens with zero attached hydrogens (tertiary/aromatic N) is 4. The van der Waals surface area contributed by atoms with Gasteiger partial charge in [-0.05, 0) is 45.2 Å². The fraction of sp³-hybridized carbons (Fsp3) is 0.476. The zero-order chi connectivity index (χ0) is 19.7. The van der Waals surface area contributed by atoms with Crippen molar-refractivity contribution in [2.75, 3.05) is 18.0 Å². The van der Waals surface area contributed by atoms with E-state index in [0.29, 0.717) is 6.42 Å². The van der Waals surface area contributed by atoms with Crippen LogP contribution in [0.1, 0.15) is 43.9 Å². The molecule has 0 radical (unpaired) electrons. The molecule has 0 bridgehead atoms. The molecule has 1 aromatic carbocycles. The van der Waals surface area contributed by atoms with E-state index in [9.17, 15) is 4.79 Å². The summed E-state index contributed by atoms with van der Waals surface area (Å²) in [4.78, 5) is 19.1. The van der Waals surface area contributed by atoms with Crippen LogP contribution < -0.4 is 10.2 Å². The Hall–Kier alpha value is -2.41. The monoisotopic (exact) mass is 397 g/mol. The smallest absolute Gasteiger partial charge is 0.220 e. The van der Waals surface area contributed by atoms with Crippen molar-refractivity contribution in [3.05, 3.63) is 35.5 Å². The van der Waals surface area contributed by atoms with Crippen molar-refractivity contribution >= 4 is 32.7 Å². The molecule has 0 aliphatic carbocycles. The SMILES string of the molecule is CCCC(=O)NC1CCN(c2nc3c(s2)c(C)nn3-c2ccc(C)cc2)CC1. The Balaban J connectivity index is 1.51. The number of piperidine rings is 1. The van der Waals surface area contributed by atoms with Gasteiger partial charge in [-0.15, -0.1) is 0 Å². The minimum Gasteiger partial charge on any atom is -0.353 e. The normalized spacial score (nSPS) is 15.3. The maximum Gasteiger partial charge on any atom is 0.220 e. The zero-order valence-electron chi connectivity index (χ0n) is 16.7. The van der Waals surface area contributed by atoms with E-state index in [4.69, 9.17) is 10.1 Å². The molecule has 0 spiro atoms. The number of carbonyl (C=O) groups is 1. The van der Waals surface area contributed by atoms with Gasteiger partial charge in [-0.25, -0.2) is 4.68 Å². The van der Waals surface area contributed by atoms with E-state index < -0.39 is 0 Å². The lowest BCUT2D eigenvalue weighted by Gasteiger charge is -2.32. The van der Waals surface area contributed by atoms with Crippen LogP contribution in [-0.4, -0.2) is 39.8 Å². The first kappa shape index (κ1) is 18.9. The van der Waals surface area contributed by atoms with E-state index in [2.05, 4.69) is 41.4 Å². The van der Waals surface area contributed by atoms with Crippen LogP contribution in [0, 0.1) is 13.8 Å². The number of amides is 1. The number of aromatic nitrogens is 3. The number of hydrogen-bond donors (Lipinski definition) is 1. The quantitative estimate of drug-likeness (QED) is 0.707. The van der Waals surface area contributed by atoms with Gasteiger partial charge < -0.3 is 10.2 Å². The summed E-state index contributed by atoms with van der Waals surface area (Å²) in [5.41, 5.74) is 4.22. The van der Waals surface area contributed by atoms with Crippen LogP contribution in [0.15, 0.2) is 24.3 Å². The van der Waals surface area contributed by atoms with Crippen molar-refractivity contribution < 1.29 is 4.79 Å². The number of benzene rings is 1. The van der Waals surface area contributed by atoms with Crippen molar-refractivity contribution in [3.63, 3.8) is 0 Å². The van der Waals surface area contributed by atoms with Gasteiger partial charge in [-0.3, -0.25) is 4.79 Å². The molecule has 28 heavy (non-hydrogen) atoms. The summed E-state index contributed by atoms with van der Waals surface area (Å²) in [5.74, 6) is 0.176. The number of aryl methyl sites for hydroxylation is 2. The maximum atomic E-state index is 11.8. The molecule has 148 valence electrons. The summed E-state index contributed by atoms with van der Waals surface area (Å²) >= 11 is 1.72. The Morgan fingerprint density at radius 3 is 2.61 bits per heavy atom. The second-order valence-electron chi connectivity index (χ2n) is 7.56. The average Bonchev–Trinajstić information content (AvgIpc) is 3.24. The largest absolute Gasteiger partial charge is 0.353 e. The highest BCUT2D eigenvalue weighted by atomic mass is 32.1. The highest BCUT2D eigenvalue weighted by Crippen LogP contribution is 2.33. The second kappa shape index (κ2) is 7.91. The predicted molar refractivity (Wildman–Crippen MR) is 115 cm³/mol. The van der Waals surface area contributed by atoms with Gasteiger partial charge >= 0.3 is 0 Å².